The average Bonchev–Trinajstić information content (AvgIpc) is 2.69. The van der Waals surface area contributed by atoms with E-state index in [1.165, 1.54) is 57.8 Å². The highest BCUT2D eigenvalue weighted by atomic mass is 16.5. The molecular weight excluding hydrogens is 348 g/mol. The number of phenolic OH excluding ortho intramolecular Hbond substituents is 1. The first-order chi connectivity index (χ1) is 13.5. The number of unbranched alkanes of at least 4 members (excludes halogenated alkanes) is 10. The van der Waals surface area contributed by atoms with Gasteiger partial charge in [0.2, 0.25) is 0 Å². The molecule has 28 heavy (non-hydrogen) atoms. The Balaban J connectivity index is 2.33. The monoisotopic (exact) mass is 388 g/mol. The van der Waals surface area contributed by atoms with Crippen LogP contribution in [0, 0.1) is 13.8 Å². The van der Waals surface area contributed by atoms with Crippen molar-refractivity contribution in [2.45, 2.75) is 97.8 Å². The topological polar surface area (TPSA) is 46.5 Å². The van der Waals surface area contributed by atoms with Crippen LogP contribution in [0.4, 0.5) is 0 Å². The molecule has 0 aliphatic carbocycles. The third-order valence-corrected chi connectivity index (χ3v) is 5.48. The van der Waals surface area contributed by atoms with Crippen LogP contribution in [0.5, 0.6) is 11.5 Å². The van der Waals surface area contributed by atoms with Gasteiger partial charge in [0, 0.05) is 6.42 Å². The van der Waals surface area contributed by atoms with E-state index in [-0.39, 0.29) is 11.5 Å². The number of ether oxygens (including phenoxy) is 1. The van der Waals surface area contributed by atoms with Crippen molar-refractivity contribution in [2.24, 2.45) is 0 Å². The predicted molar refractivity (Wildman–Crippen MR) is 119 cm³/mol. The summed E-state index contributed by atoms with van der Waals surface area (Å²) in [5, 5.41) is 10.4. The summed E-state index contributed by atoms with van der Waals surface area (Å²) < 4.78 is 5.64. The molecule has 0 saturated heterocycles. The Hall–Kier alpha value is -1.77. The first kappa shape index (κ1) is 24.3. The maximum atomic E-state index is 12.6. The molecule has 0 unspecified atom stereocenters. The Kier molecular flexibility index (Phi) is 12.4. The van der Waals surface area contributed by atoms with Crippen LogP contribution in [0.25, 0.3) is 0 Å². The molecule has 0 radical (unpaired) electrons. The van der Waals surface area contributed by atoms with E-state index in [1.807, 2.05) is 13.8 Å². The van der Waals surface area contributed by atoms with E-state index < -0.39 is 0 Å². The van der Waals surface area contributed by atoms with Gasteiger partial charge in [-0.15, -0.1) is 0 Å². The molecule has 0 bridgehead atoms. The third-order valence-electron chi connectivity index (χ3n) is 5.48. The zero-order chi connectivity index (χ0) is 20.8. The third kappa shape index (κ3) is 8.50. The summed E-state index contributed by atoms with van der Waals surface area (Å²) in [6, 6.07) is 1.68. The van der Waals surface area contributed by atoms with Crippen molar-refractivity contribution in [3.8, 4) is 11.5 Å². The summed E-state index contributed by atoms with van der Waals surface area (Å²) >= 11 is 0. The highest BCUT2D eigenvalue weighted by molar-refractivity contribution is 5.99. The van der Waals surface area contributed by atoms with Crippen molar-refractivity contribution in [3.63, 3.8) is 0 Å². The largest absolute Gasteiger partial charge is 0.507 e. The summed E-state index contributed by atoms with van der Waals surface area (Å²) in [5.41, 5.74) is 1.96. The Labute approximate surface area is 172 Å². The van der Waals surface area contributed by atoms with Gasteiger partial charge in [-0.25, -0.2) is 0 Å². The minimum atomic E-state index is -0.0000211. The van der Waals surface area contributed by atoms with Crippen LogP contribution < -0.4 is 4.74 Å². The fraction of sp³-hybridized carbons (Fsp3) is 0.640. The second-order valence-corrected chi connectivity index (χ2v) is 7.83. The molecule has 1 aromatic carbocycles. The lowest BCUT2D eigenvalue weighted by molar-refractivity contribution is 0.0976. The molecular formula is C25H40O3. The molecule has 0 saturated carbocycles. The summed E-state index contributed by atoms with van der Waals surface area (Å²) in [5.74, 6) is 0.744. The van der Waals surface area contributed by atoms with Gasteiger partial charge in [0.25, 0.3) is 0 Å². The maximum Gasteiger partial charge on any atom is 0.166 e. The van der Waals surface area contributed by atoms with Gasteiger partial charge in [0.05, 0.1) is 5.56 Å². The number of Topliss-reactive ketones (excluding diaryl/α,β-unsaturated/α-hetero) is 1. The smallest absolute Gasteiger partial charge is 0.166 e. The van der Waals surface area contributed by atoms with Crippen LogP contribution >= 0.6 is 0 Å². The van der Waals surface area contributed by atoms with E-state index in [2.05, 4.69) is 13.5 Å². The number of carbonyl (C=O) groups is 1. The van der Waals surface area contributed by atoms with E-state index in [9.17, 15) is 9.90 Å². The van der Waals surface area contributed by atoms with Gasteiger partial charge in [-0.2, -0.15) is 0 Å². The molecule has 0 amide bonds. The second-order valence-electron chi connectivity index (χ2n) is 7.83. The number of hydrogen-bond donors (Lipinski definition) is 1. The lowest BCUT2D eigenvalue weighted by Crippen LogP contribution is -2.04. The molecule has 3 heteroatoms. The number of hydrogen-bond acceptors (Lipinski definition) is 3. The standard InChI is InChI=1S/C25H40O3/c1-5-7-8-9-10-11-12-13-14-15-16-17-23(26)22-19-24(28-18-6-2)20(3)21(4)25(22)27/h6,19,27H,2,5,7-18H2,1,3-4H3. The number of aromatic hydroxyl groups is 1. The molecule has 0 aliphatic heterocycles. The van der Waals surface area contributed by atoms with E-state index in [4.69, 9.17) is 4.74 Å². The van der Waals surface area contributed by atoms with Gasteiger partial charge in [-0.3, -0.25) is 4.79 Å². The fourth-order valence-corrected chi connectivity index (χ4v) is 3.47. The lowest BCUT2D eigenvalue weighted by atomic mass is 9.97. The van der Waals surface area contributed by atoms with Crippen molar-refractivity contribution >= 4 is 5.78 Å². The second kappa shape index (κ2) is 14.3. The van der Waals surface area contributed by atoms with Gasteiger partial charge in [-0.05, 0) is 37.5 Å². The molecule has 158 valence electrons. The van der Waals surface area contributed by atoms with E-state index in [0.29, 0.717) is 29.9 Å². The zero-order valence-corrected chi connectivity index (χ0v) is 18.3. The fourth-order valence-electron chi connectivity index (χ4n) is 3.47. The van der Waals surface area contributed by atoms with Crippen LogP contribution in [-0.2, 0) is 0 Å². The van der Waals surface area contributed by atoms with Crippen molar-refractivity contribution in [3.05, 3.63) is 35.4 Å². The van der Waals surface area contributed by atoms with Crippen molar-refractivity contribution in [1.29, 1.82) is 0 Å². The Morgan fingerprint density at radius 3 is 2.04 bits per heavy atom. The molecule has 1 N–H and O–H groups in total. The summed E-state index contributed by atoms with van der Waals surface area (Å²) in [6.07, 6.45) is 16.0. The van der Waals surface area contributed by atoms with Crippen molar-refractivity contribution < 1.29 is 14.6 Å². The highest BCUT2D eigenvalue weighted by Crippen LogP contribution is 2.33. The van der Waals surface area contributed by atoms with Crippen LogP contribution in [0.15, 0.2) is 18.7 Å². The number of rotatable bonds is 16. The van der Waals surface area contributed by atoms with Gasteiger partial charge < -0.3 is 9.84 Å². The quantitative estimate of drug-likeness (QED) is 0.182. The molecule has 0 aromatic heterocycles. The maximum absolute atomic E-state index is 12.6. The van der Waals surface area contributed by atoms with Crippen molar-refractivity contribution in [2.75, 3.05) is 6.61 Å². The molecule has 0 fully saturated rings. The first-order valence-corrected chi connectivity index (χ1v) is 11.1. The normalized spacial score (nSPS) is 10.8. The molecule has 0 heterocycles. The van der Waals surface area contributed by atoms with E-state index >= 15 is 0 Å². The Morgan fingerprint density at radius 2 is 1.50 bits per heavy atom. The van der Waals surface area contributed by atoms with Crippen LogP contribution in [0.2, 0.25) is 0 Å². The first-order valence-electron chi connectivity index (χ1n) is 11.1. The van der Waals surface area contributed by atoms with Gasteiger partial charge in [0.1, 0.15) is 18.1 Å². The molecule has 0 spiro atoms. The molecule has 1 rings (SSSR count). The summed E-state index contributed by atoms with van der Waals surface area (Å²) in [6.45, 7) is 10.0. The predicted octanol–water partition coefficient (Wildman–Crippen LogP) is 7.46. The van der Waals surface area contributed by atoms with Gasteiger partial charge in [-0.1, -0.05) is 83.8 Å². The van der Waals surface area contributed by atoms with Crippen molar-refractivity contribution in [1.82, 2.24) is 0 Å². The number of carbonyl (C=O) groups excluding carboxylic acids is 1. The minimum absolute atomic E-state index is 0.0000211. The Morgan fingerprint density at radius 1 is 0.964 bits per heavy atom. The summed E-state index contributed by atoms with van der Waals surface area (Å²) in [4.78, 5) is 12.6. The molecule has 0 atom stereocenters. The van der Waals surface area contributed by atoms with Crippen LogP contribution in [0.3, 0.4) is 0 Å². The molecule has 0 aliphatic rings. The average molecular weight is 389 g/mol. The van der Waals surface area contributed by atoms with E-state index in [1.54, 1.807) is 12.1 Å². The molecule has 1 aromatic rings. The van der Waals surface area contributed by atoms with Crippen LogP contribution in [0.1, 0.15) is 105 Å². The van der Waals surface area contributed by atoms with Gasteiger partial charge in [0.15, 0.2) is 5.78 Å². The van der Waals surface area contributed by atoms with E-state index in [0.717, 1.165) is 18.4 Å². The lowest BCUT2D eigenvalue weighted by Gasteiger charge is -2.14. The minimum Gasteiger partial charge on any atom is -0.507 e. The van der Waals surface area contributed by atoms with Crippen LogP contribution in [-0.4, -0.2) is 17.5 Å². The zero-order valence-electron chi connectivity index (χ0n) is 18.3. The SMILES string of the molecule is C=CCOc1cc(C(=O)CCCCCCCCCCCCC)c(O)c(C)c1C. The number of phenols is 1. The highest BCUT2D eigenvalue weighted by Gasteiger charge is 2.18. The number of benzene rings is 1. The Bertz CT molecular complexity index is 604. The summed E-state index contributed by atoms with van der Waals surface area (Å²) in [7, 11) is 0. The molecule has 3 nitrogen and oxygen atoms in total. The number of ketones is 1. The van der Waals surface area contributed by atoms with Gasteiger partial charge >= 0.3 is 0 Å².